The van der Waals surface area contributed by atoms with Crippen molar-refractivity contribution in [3.8, 4) is 0 Å². The van der Waals surface area contributed by atoms with E-state index in [9.17, 15) is 5.11 Å². The molecule has 0 radical (unpaired) electrons. The Kier molecular flexibility index (Phi) is 2.94. The van der Waals surface area contributed by atoms with Gasteiger partial charge in [0, 0.05) is 0 Å². The first kappa shape index (κ1) is 12.2. The molecule has 0 heterocycles. The Hall–Kier alpha value is -0.300. The fraction of sp³-hybridized carbons (Fsp3) is 0.867. The molecule has 16 heavy (non-hydrogen) atoms. The Labute approximate surface area is 99.9 Å². The second kappa shape index (κ2) is 3.87. The Bertz CT molecular complexity index is 303. The van der Waals surface area contributed by atoms with Gasteiger partial charge in [-0.1, -0.05) is 32.4 Å². The molecule has 0 bridgehead atoms. The van der Waals surface area contributed by atoms with Crippen molar-refractivity contribution in [3.05, 3.63) is 11.6 Å². The van der Waals surface area contributed by atoms with Crippen LogP contribution in [0.15, 0.2) is 11.6 Å². The maximum atomic E-state index is 10.8. The van der Waals surface area contributed by atoms with Gasteiger partial charge in [0.2, 0.25) is 0 Å². The normalized spacial score (nSPS) is 43.2. The molecule has 0 saturated heterocycles. The fourth-order valence-electron chi connectivity index (χ4n) is 3.69. The third kappa shape index (κ3) is 2.20. The van der Waals surface area contributed by atoms with Crippen LogP contribution in [0.4, 0.5) is 0 Å². The molecular weight excluding hydrogens is 196 g/mol. The van der Waals surface area contributed by atoms with E-state index < -0.39 is 5.60 Å². The largest absolute Gasteiger partial charge is 0.389 e. The van der Waals surface area contributed by atoms with Crippen LogP contribution < -0.4 is 0 Å². The van der Waals surface area contributed by atoms with Gasteiger partial charge in [-0.3, -0.25) is 0 Å². The van der Waals surface area contributed by atoms with Gasteiger partial charge in [-0.25, -0.2) is 0 Å². The van der Waals surface area contributed by atoms with Crippen LogP contribution >= 0.6 is 0 Å². The molecule has 0 aromatic rings. The molecule has 1 saturated carbocycles. The molecule has 1 heteroatoms. The minimum absolute atomic E-state index is 0.346. The van der Waals surface area contributed by atoms with E-state index in [1.54, 1.807) is 0 Å². The average Bonchev–Trinajstić information content (AvgIpc) is 2.42. The van der Waals surface area contributed by atoms with Crippen LogP contribution in [0.25, 0.3) is 0 Å². The lowest BCUT2D eigenvalue weighted by Gasteiger charge is -2.39. The fourth-order valence-corrected chi connectivity index (χ4v) is 3.69. The van der Waals surface area contributed by atoms with Gasteiger partial charge in [-0.2, -0.15) is 0 Å². The van der Waals surface area contributed by atoms with E-state index in [0.29, 0.717) is 17.3 Å². The van der Waals surface area contributed by atoms with Crippen molar-refractivity contribution in [2.24, 2.45) is 17.3 Å². The topological polar surface area (TPSA) is 20.2 Å². The first-order valence-corrected chi connectivity index (χ1v) is 6.70. The highest BCUT2D eigenvalue weighted by Gasteiger charge is 2.47. The highest BCUT2D eigenvalue weighted by atomic mass is 16.3. The second-order valence-electron chi connectivity index (χ2n) is 7.03. The van der Waals surface area contributed by atoms with Crippen LogP contribution in [0.3, 0.4) is 0 Å². The monoisotopic (exact) mass is 222 g/mol. The predicted octanol–water partition coefficient (Wildman–Crippen LogP) is 3.92. The quantitative estimate of drug-likeness (QED) is 0.616. The van der Waals surface area contributed by atoms with Crippen molar-refractivity contribution in [2.75, 3.05) is 0 Å². The molecule has 3 atom stereocenters. The van der Waals surface area contributed by atoms with E-state index in [0.717, 1.165) is 19.3 Å². The van der Waals surface area contributed by atoms with Gasteiger partial charge < -0.3 is 5.11 Å². The van der Waals surface area contributed by atoms with Crippen LogP contribution in [0.2, 0.25) is 0 Å². The molecule has 0 aliphatic heterocycles. The zero-order valence-electron chi connectivity index (χ0n) is 11.2. The van der Waals surface area contributed by atoms with Crippen molar-refractivity contribution in [2.45, 2.75) is 65.4 Å². The average molecular weight is 222 g/mol. The van der Waals surface area contributed by atoms with Crippen LogP contribution in [0, 0.1) is 17.3 Å². The van der Waals surface area contributed by atoms with Crippen LogP contribution in [0.5, 0.6) is 0 Å². The summed E-state index contributed by atoms with van der Waals surface area (Å²) in [7, 11) is 0. The zero-order valence-corrected chi connectivity index (χ0v) is 11.2. The highest BCUT2D eigenvalue weighted by molar-refractivity contribution is 5.12. The lowest BCUT2D eigenvalue weighted by Crippen LogP contribution is -2.39. The van der Waals surface area contributed by atoms with E-state index in [-0.39, 0.29) is 0 Å². The van der Waals surface area contributed by atoms with E-state index in [1.807, 2.05) is 0 Å². The van der Waals surface area contributed by atoms with Gasteiger partial charge >= 0.3 is 0 Å². The summed E-state index contributed by atoms with van der Waals surface area (Å²) in [6.45, 7) is 9.18. The van der Waals surface area contributed by atoms with Gasteiger partial charge in [0.25, 0.3) is 0 Å². The molecule has 1 N–H and O–H groups in total. The molecule has 0 amide bonds. The summed E-state index contributed by atoms with van der Waals surface area (Å²) in [5.41, 5.74) is 1.32. The Balaban J connectivity index is 2.31. The van der Waals surface area contributed by atoms with Gasteiger partial charge in [0.05, 0.1) is 5.60 Å². The van der Waals surface area contributed by atoms with Crippen LogP contribution in [-0.2, 0) is 0 Å². The number of fused-ring (bicyclic) bond motifs is 1. The first-order chi connectivity index (χ1) is 7.32. The third-order valence-electron chi connectivity index (χ3n) is 4.77. The summed E-state index contributed by atoms with van der Waals surface area (Å²) in [6.07, 6.45) is 7.78. The molecule has 3 unspecified atom stereocenters. The van der Waals surface area contributed by atoms with Crippen LogP contribution in [0.1, 0.15) is 59.8 Å². The summed E-state index contributed by atoms with van der Waals surface area (Å²) in [4.78, 5) is 0. The minimum atomic E-state index is -0.405. The smallest absolute Gasteiger partial charge is 0.0715 e. The summed E-state index contributed by atoms with van der Waals surface area (Å²) < 4.78 is 0. The van der Waals surface area contributed by atoms with Crippen molar-refractivity contribution in [3.63, 3.8) is 0 Å². The minimum Gasteiger partial charge on any atom is -0.389 e. The molecule has 0 spiro atoms. The first-order valence-electron chi connectivity index (χ1n) is 6.70. The van der Waals surface area contributed by atoms with Crippen molar-refractivity contribution >= 4 is 0 Å². The van der Waals surface area contributed by atoms with E-state index in [4.69, 9.17) is 0 Å². The molecule has 92 valence electrons. The molecule has 2 rings (SSSR count). The van der Waals surface area contributed by atoms with Gasteiger partial charge in [0.15, 0.2) is 0 Å². The third-order valence-corrected chi connectivity index (χ3v) is 4.77. The maximum absolute atomic E-state index is 10.8. The van der Waals surface area contributed by atoms with E-state index in [2.05, 4.69) is 33.8 Å². The second-order valence-corrected chi connectivity index (χ2v) is 7.03. The van der Waals surface area contributed by atoms with Crippen molar-refractivity contribution < 1.29 is 5.11 Å². The number of allylic oxidation sites excluding steroid dienone is 1. The molecule has 1 nitrogen and oxygen atoms in total. The Morgan fingerprint density at radius 1 is 1.38 bits per heavy atom. The molecule has 2 aliphatic rings. The zero-order chi connectivity index (χ0) is 12.0. The lowest BCUT2D eigenvalue weighted by molar-refractivity contribution is -0.0252. The molecule has 0 aromatic carbocycles. The van der Waals surface area contributed by atoms with Gasteiger partial charge in [0.1, 0.15) is 0 Å². The van der Waals surface area contributed by atoms with Crippen molar-refractivity contribution in [1.82, 2.24) is 0 Å². The predicted molar refractivity (Wildman–Crippen MR) is 68.2 cm³/mol. The van der Waals surface area contributed by atoms with Crippen LogP contribution in [-0.4, -0.2) is 10.7 Å². The van der Waals surface area contributed by atoms with Gasteiger partial charge in [-0.05, 0) is 56.3 Å². The van der Waals surface area contributed by atoms with E-state index >= 15 is 0 Å². The number of hydrogen-bond donors (Lipinski definition) is 1. The molecule has 0 aromatic heterocycles. The standard InChI is InChI=1S/C15H26O/c1-11-5-7-14(3,4)10-13-12(2)6-8-15(13,16)9-11/h5,12-13,16H,6-10H2,1-4H3. The van der Waals surface area contributed by atoms with E-state index in [1.165, 1.54) is 18.4 Å². The van der Waals surface area contributed by atoms with Gasteiger partial charge in [-0.15, -0.1) is 0 Å². The lowest BCUT2D eigenvalue weighted by atomic mass is 9.69. The molecule has 1 fully saturated rings. The summed E-state index contributed by atoms with van der Waals surface area (Å²) in [5, 5.41) is 10.8. The Morgan fingerprint density at radius 3 is 2.75 bits per heavy atom. The van der Waals surface area contributed by atoms with Crippen molar-refractivity contribution in [1.29, 1.82) is 0 Å². The summed E-state index contributed by atoms with van der Waals surface area (Å²) in [6, 6.07) is 0. The highest BCUT2D eigenvalue weighted by Crippen LogP contribution is 2.50. The summed E-state index contributed by atoms with van der Waals surface area (Å²) in [5.74, 6) is 1.20. The number of rotatable bonds is 0. The molecule has 2 aliphatic carbocycles. The SMILES string of the molecule is CC1=CCC(C)(C)CC2C(C)CCC2(O)C1. The maximum Gasteiger partial charge on any atom is 0.0715 e. The Morgan fingerprint density at radius 2 is 2.06 bits per heavy atom. The number of hydrogen-bond acceptors (Lipinski definition) is 1. The summed E-state index contributed by atoms with van der Waals surface area (Å²) >= 11 is 0. The number of aliphatic hydroxyl groups is 1. The molecular formula is C15H26O.